The summed E-state index contributed by atoms with van der Waals surface area (Å²) >= 11 is 0. The average molecular weight is 244 g/mol. The maximum Gasteiger partial charge on any atom is 0.368 e. The van der Waals surface area contributed by atoms with E-state index in [0.717, 1.165) is 10.9 Å². The minimum atomic E-state index is -1.37. The van der Waals surface area contributed by atoms with Crippen molar-refractivity contribution in [3.63, 3.8) is 0 Å². The molecule has 1 aliphatic heterocycles. The van der Waals surface area contributed by atoms with Crippen LogP contribution in [0.4, 0.5) is 5.82 Å². The first-order chi connectivity index (χ1) is 8.04. The normalized spacial score (nSPS) is 32.9. The molecule has 0 aliphatic carbocycles. The molecule has 0 radical (unpaired) electrons. The highest BCUT2D eigenvalue weighted by atomic mass is 16.6. The minimum absolute atomic E-state index is 0.0574. The Kier molecular flexibility index (Phi) is 3.07. The molecular formula is C8H12N4O5. The molecule has 1 aromatic rings. The van der Waals surface area contributed by atoms with Crippen LogP contribution >= 0.6 is 0 Å². The van der Waals surface area contributed by atoms with Gasteiger partial charge in [-0.3, -0.25) is 0 Å². The molecule has 0 amide bonds. The lowest BCUT2D eigenvalue weighted by molar-refractivity contribution is -0.0616. The lowest BCUT2D eigenvalue weighted by Gasteiger charge is -2.15. The Morgan fingerprint density at radius 1 is 1.47 bits per heavy atom. The number of aromatic nitrogens is 3. The van der Waals surface area contributed by atoms with E-state index in [1.807, 2.05) is 0 Å². The summed E-state index contributed by atoms with van der Waals surface area (Å²) in [5, 5.41) is 31.7. The first kappa shape index (κ1) is 11.9. The number of rotatable bonds is 2. The number of aliphatic hydroxyl groups is 3. The first-order valence-electron chi connectivity index (χ1n) is 4.88. The summed E-state index contributed by atoms with van der Waals surface area (Å²) in [5.74, 6) is -0.0574. The van der Waals surface area contributed by atoms with Gasteiger partial charge < -0.3 is 25.8 Å². The van der Waals surface area contributed by atoms with Gasteiger partial charge in [0.25, 0.3) is 0 Å². The van der Waals surface area contributed by atoms with Crippen molar-refractivity contribution in [2.45, 2.75) is 24.5 Å². The molecule has 94 valence electrons. The molecule has 2 heterocycles. The molecule has 9 nitrogen and oxygen atoms in total. The van der Waals surface area contributed by atoms with Crippen LogP contribution in [0.25, 0.3) is 0 Å². The van der Waals surface area contributed by atoms with Gasteiger partial charge in [-0.05, 0) is 0 Å². The minimum Gasteiger partial charge on any atom is -0.394 e. The van der Waals surface area contributed by atoms with Crippen LogP contribution in [0.15, 0.2) is 11.0 Å². The van der Waals surface area contributed by atoms with Crippen molar-refractivity contribution in [2.75, 3.05) is 12.3 Å². The van der Waals surface area contributed by atoms with Gasteiger partial charge in [0.05, 0.1) is 12.8 Å². The summed E-state index contributed by atoms with van der Waals surface area (Å²) in [6.45, 7) is -0.480. The third-order valence-electron chi connectivity index (χ3n) is 2.49. The summed E-state index contributed by atoms with van der Waals surface area (Å²) in [4.78, 5) is 14.9. The number of nitrogens with zero attached hydrogens (tertiary/aromatic N) is 3. The van der Waals surface area contributed by atoms with Crippen molar-refractivity contribution in [1.29, 1.82) is 0 Å². The van der Waals surface area contributed by atoms with Crippen LogP contribution in [-0.2, 0) is 4.74 Å². The second-order valence-corrected chi connectivity index (χ2v) is 3.64. The van der Waals surface area contributed by atoms with Gasteiger partial charge in [-0.1, -0.05) is 0 Å². The van der Waals surface area contributed by atoms with Crippen molar-refractivity contribution in [2.24, 2.45) is 0 Å². The molecule has 0 saturated carbocycles. The maximum atomic E-state index is 11.4. The Morgan fingerprint density at radius 2 is 2.18 bits per heavy atom. The van der Waals surface area contributed by atoms with Crippen LogP contribution in [0, 0.1) is 0 Å². The predicted octanol–water partition coefficient (Wildman–Crippen LogP) is -3.17. The second kappa shape index (κ2) is 4.37. The van der Waals surface area contributed by atoms with Crippen molar-refractivity contribution in [3.05, 3.63) is 16.7 Å². The van der Waals surface area contributed by atoms with Crippen LogP contribution in [0.1, 0.15) is 6.23 Å². The molecule has 0 unspecified atom stereocenters. The van der Waals surface area contributed by atoms with E-state index in [1.165, 1.54) is 0 Å². The quantitative estimate of drug-likeness (QED) is 0.426. The number of nitrogen functional groups attached to an aromatic ring is 1. The zero-order valence-corrected chi connectivity index (χ0v) is 8.67. The highest BCUT2D eigenvalue weighted by molar-refractivity contribution is 5.19. The summed E-state index contributed by atoms with van der Waals surface area (Å²) in [6, 6.07) is 0. The predicted molar refractivity (Wildman–Crippen MR) is 53.7 cm³/mol. The molecule has 1 aromatic heterocycles. The molecule has 0 bridgehead atoms. The molecule has 5 N–H and O–H groups in total. The molecule has 1 saturated heterocycles. The standard InChI is InChI=1S/C8H12N4O5/c9-4-1-10-12(8(16)11-4)7-6(15)5(14)3(2-13)17-7/h1,3,5-7,13-15H,2H2,(H2,9,11,16)/t3-,5+,6-,7-/m1/s1. The molecule has 1 aliphatic rings. The number of anilines is 1. The summed E-state index contributed by atoms with van der Waals surface area (Å²) in [7, 11) is 0. The van der Waals surface area contributed by atoms with Gasteiger partial charge in [0, 0.05) is 0 Å². The molecule has 4 atom stereocenters. The van der Waals surface area contributed by atoms with Crippen LogP contribution < -0.4 is 11.4 Å². The Morgan fingerprint density at radius 3 is 2.71 bits per heavy atom. The fraction of sp³-hybridized carbons (Fsp3) is 0.625. The van der Waals surface area contributed by atoms with Crippen molar-refractivity contribution in [1.82, 2.24) is 14.8 Å². The summed E-state index contributed by atoms with van der Waals surface area (Å²) < 4.78 is 5.88. The number of nitrogens with two attached hydrogens (primary N) is 1. The molecule has 17 heavy (non-hydrogen) atoms. The van der Waals surface area contributed by atoms with E-state index >= 15 is 0 Å². The van der Waals surface area contributed by atoms with Gasteiger partial charge in [-0.2, -0.15) is 14.8 Å². The maximum absolute atomic E-state index is 11.4. The van der Waals surface area contributed by atoms with Gasteiger partial charge >= 0.3 is 5.69 Å². The lowest BCUT2D eigenvalue weighted by Crippen LogP contribution is -2.37. The van der Waals surface area contributed by atoms with Crippen molar-refractivity contribution < 1.29 is 20.1 Å². The first-order valence-corrected chi connectivity index (χ1v) is 4.88. The Labute approximate surface area is 95.1 Å². The smallest absolute Gasteiger partial charge is 0.368 e. The fourth-order valence-electron chi connectivity index (χ4n) is 1.62. The Hall–Kier alpha value is -1.55. The van der Waals surface area contributed by atoms with Crippen LogP contribution in [0.2, 0.25) is 0 Å². The molecule has 1 fully saturated rings. The largest absolute Gasteiger partial charge is 0.394 e. The summed E-state index contributed by atoms with van der Waals surface area (Å²) in [5.41, 5.74) is 4.46. The van der Waals surface area contributed by atoms with E-state index in [4.69, 9.17) is 15.6 Å². The third kappa shape index (κ3) is 2.00. The van der Waals surface area contributed by atoms with E-state index in [9.17, 15) is 15.0 Å². The van der Waals surface area contributed by atoms with Gasteiger partial charge in [-0.25, -0.2) is 4.79 Å². The van der Waals surface area contributed by atoms with Crippen molar-refractivity contribution >= 4 is 5.82 Å². The van der Waals surface area contributed by atoms with Gasteiger partial charge in [0.15, 0.2) is 6.23 Å². The number of hydrogen-bond acceptors (Lipinski definition) is 8. The van der Waals surface area contributed by atoms with E-state index in [2.05, 4.69) is 10.1 Å². The van der Waals surface area contributed by atoms with E-state index in [1.54, 1.807) is 0 Å². The van der Waals surface area contributed by atoms with E-state index < -0.39 is 36.8 Å². The highest BCUT2D eigenvalue weighted by Crippen LogP contribution is 2.27. The molecule has 0 spiro atoms. The zero-order valence-electron chi connectivity index (χ0n) is 8.67. The molecule has 0 aromatic carbocycles. The number of aliphatic hydroxyl groups excluding tert-OH is 3. The van der Waals surface area contributed by atoms with E-state index in [-0.39, 0.29) is 5.82 Å². The van der Waals surface area contributed by atoms with Crippen LogP contribution in [0.3, 0.4) is 0 Å². The molecular weight excluding hydrogens is 232 g/mol. The Bertz CT molecular complexity index is 463. The molecule has 2 rings (SSSR count). The Balaban J connectivity index is 2.32. The molecule has 9 heteroatoms. The van der Waals surface area contributed by atoms with Gasteiger partial charge in [0.2, 0.25) is 0 Å². The van der Waals surface area contributed by atoms with Gasteiger partial charge in [-0.15, -0.1) is 0 Å². The lowest BCUT2D eigenvalue weighted by atomic mass is 10.1. The average Bonchev–Trinajstić information content (AvgIpc) is 2.57. The van der Waals surface area contributed by atoms with Gasteiger partial charge in [0.1, 0.15) is 24.1 Å². The fourth-order valence-corrected chi connectivity index (χ4v) is 1.62. The van der Waals surface area contributed by atoms with Crippen molar-refractivity contribution in [3.8, 4) is 0 Å². The topological polar surface area (TPSA) is 144 Å². The van der Waals surface area contributed by atoms with E-state index in [0.29, 0.717) is 0 Å². The second-order valence-electron chi connectivity index (χ2n) is 3.64. The SMILES string of the molecule is Nc1cnn([C@@H]2O[C@H](CO)[C@H](O)[C@H]2O)c(=O)n1. The number of ether oxygens (including phenoxy) is 1. The van der Waals surface area contributed by atoms with Crippen LogP contribution in [-0.4, -0.2) is 55.0 Å². The monoisotopic (exact) mass is 244 g/mol. The number of hydrogen-bond donors (Lipinski definition) is 4. The van der Waals surface area contributed by atoms with Crippen LogP contribution in [0.5, 0.6) is 0 Å². The summed E-state index contributed by atoms with van der Waals surface area (Å²) in [6.07, 6.45) is -3.71. The highest BCUT2D eigenvalue weighted by Gasteiger charge is 2.44. The third-order valence-corrected chi connectivity index (χ3v) is 2.49. The zero-order chi connectivity index (χ0) is 12.6.